The molecule has 4 nitrogen and oxygen atoms in total. The molecule has 0 heterocycles. The van der Waals surface area contributed by atoms with E-state index in [-0.39, 0.29) is 0 Å². The van der Waals surface area contributed by atoms with Crippen molar-refractivity contribution in [2.45, 2.75) is 26.7 Å². The van der Waals surface area contributed by atoms with Gasteiger partial charge < -0.3 is 34.5 Å². The zero-order valence-electron chi connectivity index (χ0n) is 21.2. The number of hydrogen-bond acceptors (Lipinski definition) is 2. The Balaban J connectivity index is 0.000000686. The Morgan fingerprint density at radius 2 is 0.825 bits per heavy atom. The first-order chi connectivity index (χ1) is 18.7. The van der Waals surface area contributed by atoms with Crippen LogP contribution in [0.2, 0.25) is 0 Å². The molecule has 0 saturated carbocycles. The third-order valence-electron chi connectivity index (χ3n) is 4.74. The maximum atomic E-state index is 9.75. The summed E-state index contributed by atoms with van der Waals surface area (Å²) in [5.41, 5.74) is 7.06. The fraction of sp³-hybridized carbons (Fsp3) is 0.154. The van der Waals surface area contributed by atoms with Crippen LogP contribution in [0.25, 0.3) is 9.95 Å². The van der Waals surface area contributed by atoms with Crippen LogP contribution in [0.15, 0.2) is 60.7 Å². The number of halogens is 8. The Labute approximate surface area is 225 Å². The molecule has 0 atom stereocenters. The second kappa shape index (κ2) is 15.6. The highest BCUT2D eigenvalue weighted by molar-refractivity contribution is 6.50. The number of diazo groups is 2. The zero-order chi connectivity index (χ0) is 30.3. The van der Waals surface area contributed by atoms with Crippen molar-refractivity contribution in [1.29, 1.82) is 10.8 Å². The van der Waals surface area contributed by atoms with Crippen LogP contribution in [-0.4, -0.2) is 14.5 Å². The van der Waals surface area contributed by atoms with Gasteiger partial charge in [0.15, 0.2) is 9.95 Å². The molecule has 0 fully saturated rings. The minimum atomic E-state index is -6.00. The van der Waals surface area contributed by atoms with Crippen LogP contribution in [0.5, 0.6) is 0 Å². The van der Waals surface area contributed by atoms with Crippen molar-refractivity contribution in [3.8, 4) is 23.7 Å². The lowest BCUT2D eigenvalue weighted by Gasteiger charge is -2.08. The van der Waals surface area contributed by atoms with Gasteiger partial charge in [0, 0.05) is 46.5 Å². The first-order valence-corrected chi connectivity index (χ1v) is 11.5. The minimum Gasteiger partial charge on any atom is -0.418 e. The van der Waals surface area contributed by atoms with E-state index in [2.05, 4.69) is 59.6 Å². The number of aryl methyl sites for hydroxylation is 2. The normalized spacial score (nSPS) is 10.0. The van der Waals surface area contributed by atoms with Crippen LogP contribution in [0.4, 0.5) is 45.9 Å². The summed E-state index contributed by atoms with van der Waals surface area (Å²) in [5.74, 6) is 12.9. The fourth-order valence-electron chi connectivity index (χ4n) is 3.01. The molecule has 206 valence electrons. The Hall–Kier alpha value is -4.81. The van der Waals surface area contributed by atoms with E-state index in [1.54, 1.807) is 24.3 Å². The Morgan fingerprint density at radius 1 is 0.550 bits per heavy atom. The van der Waals surface area contributed by atoms with Crippen molar-refractivity contribution in [2.24, 2.45) is 0 Å². The van der Waals surface area contributed by atoms with Gasteiger partial charge in [-0.05, 0) is 60.4 Å². The summed E-state index contributed by atoms with van der Waals surface area (Å²) in [7, 11) is -12.0. The minimum absolute atomic E-state index is 0.506. The molecule has 3 aromatic carbocycles. The lowest BCUT2D eigenvalue weighted by atomic mass is 9.95. The largest absolute Gasteiger partial charge is 0.673 e. The summed E-state index contributed by atoms with van der Waals surface area (Å²) < 4.78 is 78.0. The van der Waals surface area contributed by atoms with Crippen LogP contribution < -0.4 is 0 Å². The molecule has 0 aliphatic heterocycles. The molecule has 3 rings (SSSR count). The lowest BCUT2D eigenvalue weighted by Crippen LogP contribution is -2.02. The fourth-order valence-corrected chi connectivity index (χ4v) is 3.01. The van der Waals surface area contributed by atoms with Gasteiger partial charge in [-0.25, -0.2) is 0 Å². The first kappa shape index (κ1) is 33.2. The molecule has 0 radical (unpaired) electrons. The number of rotatable bonds is 2. The van der Waals surface area contributed by atoms with Crippen LogP contribution >= 0.6 is 0 Å². The van der Waals surface area contributed by atoms with Crippen LogP contribution in [0.1, 0.15) is 47.2 Å². The summed E-state index contributed by atoms with van der Waals surface area (Å²) in [5, 5.41) is 17.6. The van der Waals surface area contributed by atoms with Crippen molar-refractivity contribution in [2.75, 3.05) is 0 Å². The van der Waals surface area contributed by atoms with E-state index in [0.29, 0.717) is 11.4 Å². The standard InChI is InChI=1S/C26H20N4.2BF4/c1-3-21-17-24(12-6-20-9-15-26(30-28)16-10-20)22(4-2)18-23(21)11-5-19-7-13-25(29-27)14-8-19;2*2-1(3,4)5/h7-10,13-18H,3-4H2,1-2H3;;/q+2;2*-1. The van der Waals surface area contributed by atoms with E-state index < -0.39 is 14.5 Å². The lowest BCUT2D eigenvalue weighted by molar-refractivity contribution is 0.366. The van der Waals surface area contributed by atoms with Gasteiger partial charge in [0.05, 0.1) is 0 Å². The van der Waals surface area contributed by atoms with Gasteiger partial charge in [0.2, 0.25) is 10.8 Å². The van der Waals surface area contributed by atoms with E-state index in [4.69, 9.17) is 10.8 Å². The molecule has 0 aliphatic carbocycles. The molecular formula is C26H20B2F8N4. The highest BCUT2D eigenvalue weighted by Gasteiger charge is 2.21. The number of benzene rings is 3. The van der Waals surface area contributed by atoms with Crippen molar-refractivity contribution < 1.29 is 34.5 Å². The Kier molecular flexibility index (Phi) is 12.9. The van der Waals surface area contributed by atoms with E-state index >= 15 is 0 Å². The quantitative estimate of drug-likeness (QED) is 0.135. The molecule has 0 aromatic heterocycles. The highest BCUT2D eigenvalue weighted by Crippen LogP contribution is 2.19. The van der Waals surface area contributed by atoms with Gasteiger partial charge in [-0.3, -0.25) is 0 Å². The molecule has 14 heteroatoms. The van der Waals surface area contributed by atoms with Gasteiger partial charge >= 0.3 is 25.9 Å². The van der Waals surface area contributed by atoms with E-state index in [1.165, 1.54) is 0 Å². The van der Waals surface area contributed by atoms with Crippen LogP contribution in [-0.2, 0) is 12.8 Å². The maximum Gasteiger partial charge on any atom is 0.673 e. The Morgan fingerprint density at radius 3 is 1.05 bits per heavy atom. The summed E-state index contributed by atoms with van der Waals surface area (Å²) in [4.78, 5) is 6.32. The third-order valence-corrected chi connectivity index (χ3v) is 4.74. The van der Waals surface area contributed by atoms with E-state index in [9.17, 15) is 34.5 Å². The van der Waals surface area contributed by atoms with Crippen molar-refractivity contribution >= 4 is 25.9 Å². The van der Waals surface area contributed by atoms with Gasteiger partial charge in [0.1, 0.15) is 0 Å². The van der Waals surface area contributed by atoms with Crippen molar-refractivity contribution in [3.63, 3.8) is 0 Å². The molecule has 0 saturated heterocycles. The van der Waals surface area contributed by atoms with Crippen molar-refractivity contribution in [1.82, 2.24) is 0 Å². The predicted octanol–water partition coefficient (Wildman–Crippen LogP) is 9.18. The number of hydrogen-bond donors (Lipinski definition) is 0. The number of nitrogens with zero attached hydrogens (tertiary/aromatic N) is 4. The maximum absolute atomic E-state index is 9.75. The van der Waals surface area contributed by atoms with Gasteiger partial charge in [-0.1, -0.05) is 37.5 Å². The van der Waals surface area contributed by atoms with Gasteiger partial charge in [-0.2, -0.15) is 0 Å². The van der Waals surface area contributed by atoms with Gasteiger partial charge in [0.25, 0.3) is 0 Å². The SMILES string of the molecule is CCc1cc(C#Cc2ccc([N+]#N)cc2)c(CC)cc1C#Cc1ccc([N+]#N)cc1.F[B-](F)(F)F.F[B-](F)(F)F. The zero-order valence-corrected chi connectivity index (χ0v) is 21.2. The first-order valence-electron chi connectivity index (χ1n) is 11.5. The topological polar surface area (TPSA) is 56.3 Å². The predicted molar refractivity (Wildman–Crippen MR) is 140 cm³/mol. The average Bonchev–Trinajstić information content (AvgIpc) is 2.89. The molecular weight excluding hydrogens is 542 g/mol. The third kappa shape index (κ3) is 14.2. The molecule has 0 amide bonds. The molecule has 3 aromatic rings. The second-order valence-corrected chi connectivity index (χ2v) is 7.66. The summed E-state index contributed by atoms with van der Waals surface area (Å²) in [6.45, 7) is 4.22. The summed E-state index contributed by atoms with van der Waals surface area (Å²) in [6.07, 6.45) is 1.72. The van der Waals surface area contributed by atoms with Gasteiger partial charge in [-0.15, -0.1) is 0 Å². The summed E-state index contributed by atoms with van der Waals surface area (Å²) in [6, 6.07) is 18.5. The average molecular weight is 562 g/mol. The molecule has 0 aliphatic rings. The monoisotopic (exact) mass is 562 g/mol. The van der Waals surface area contributed by atoms with E-state index in [0.717, 1.165) is 46.2 Å². The van der Waals surface area contributed by atoms with Crippen LogP contribution in [0.3, 0.4) is 0 Å². The molecule has 0 N–H and O–H groups in total. The molecule has 0 spiro atoms. The van der Waals surface area contributed by atoms with Crippen molar-refractivity contribution in [3.05, 3.63) is 104 Å². The van der Waals surface area contributed by atoms with E-state index in [1.807, 2.05) is 24.3 Å². The second-order valence-electron chi connectivity index (χ2n) is 7.66. The molecule has 0 unspecified atom stereocenters. The highest BCUT2D eigenvalue weighted by atomic mass is 19.5. The Bertz CT molecular complexity index is 1360. The smallest absolute Gasteiger partial charge is 0.418 e. The van der Waals surface area contributed by atoms with Crippen LogP contribution in [0, 0.1) is 34.5 Å². The molecule has 0 bridgehead atoms. The molecule has 40 heavy (non-hydrogen) atoms. The summed E-state index contributed by atoms with van der Waals surface area (Å²) >= 11 is 0.